The zero-order valence-corrected chi connectivity index (χ0v) is 14.1. The minimum Gasteiger partial charge on any atom is -0.325 e. The average molecular weight is 355 g/mol. The summed E-state index contributed by atoms with van der Waals surface area (Å²) in [5.74, 6) is -0.279. The van der Waals surface area contributed by atoms with Crippen molar-refractivity contribution in [2.24, 2.45) is 0 Å². The minimum atomic E-state index is -0.622. The first kappa shape index (κ1) is 15.9. The number of halogens is 1. The molecule has 23 heavy (non-hydrogen) atoms. The van der Waals surface area contributed by atoms with Crippen LogP contribution < -0.4 is 5.32 Å². The first-order valence-corrected chi connectivity index (χ1v) is 8.26. The highest BCUT2D eigenvalue weighted by Gasteiger charge is 2.38. The number of carbonyl (C=O) groups is 2. The van der Waals surface area contributed by atoms with Gasteiger partial charge in [0, 0.05) is 29.7 Å². The number of carbonyl (C=O) groups excluding carboxylic acids is 2. The highest BCUT2D eigenvalue weighted by Crippen LogP contribution is 2.21. The molecular formula is C13H15ClN6O2S. The third kappa shape index (κ3) is 3.35. The molecule has 0 spiro atoms. The molecule has 0 unspecified atom stereocenters. The molecule has 122 valence electrons. The molecule has 1 aliphatic heterocycles. The van der Waals surface area contributed by atoms with Crippen LogP contribution in [0.2, 0.25) is 4.47 Å². The van der Waals surface area contributed by atoms with E-state index in [0.29, 0.717) is 16.6 Å². The van der Waals surface area contributed by atoms with Crippen LogP contribution >= 0.6 is 22.9 Å². The van der Waals surface area contributed by atoms with Gasteiger partial charge in [-0.2, -0.15) is 0 Å². The highest BCUT2D eigenvalue weighted by atomic mass is 35.5. The van der Waals surface area contributed by atoms with E-state index >= 15 is 0 Å². The summed E-state index contributed by atoms with van der Waals surface area (Å²) in [5.41, 5.74) is 0.667. The van der Waals surface area contributed by atoms with E-state index in [4.69, 9.17) is 11.6 Å². The highest BCUT2D eigenvalue weighted by molar-refractivity contribution is 7.15. The SMILES string of the molecule is CC(C)n1cc(C[C@@H]2NC(=O)N(Cc3cnc(Cl)s3)C2=O)nn1. The molecule has 1 N–H and O–H groups in total. The average Bonchev–Trinajstić information content (AvgIpc) is 3.17. The predicted octanol–water partition coefficient (Wildman–Crippen LogP) is 1.63. The van der Waals surface area contributed by atoms with Gasteiger partial charge >= 0.3 is 6.03 Å². The van der Waals surface area contributed by atoms with Crippen LogP contribution in [-0.4, -0.2) is 42.9 Å². The summed E-state index contributed by atoms with van der Waals surface area (Å²) in [7, 11) is 0. The smallest absolute Gasteiger partial charge is 0.325 e. The molecule has 2 aromatic heterocycles. The maximum absolute atomic E-state index is 12.4. The Hall–Kier alpha value is -2.00. The quantitative estimate of drug-likeness (QED) is 0.824. The van der Waals surface area contributed by atoms with Crippen LogP contribution in [0.5, 0.6) is 0 Å². The Kier molecular flexibility index (Phi) is 4.31. The lowest BCUT2D eigenvalue weighted by molar-refractivity contribution is -0.127. The van der Waals surface area contributed by atoms with Gasteiger partial charge in [0.15, 0.2) is 4.47 Å². The molecule has 0 bridgehead atoms. The molecule has 3 heterocycles. The van der Waals surface area contributed by atoms with Crippen molar-refractivity contribution in [2.75, 3.05) is 0 Å². The predicted molar refractivity (Wildman–Crippen MR) is 84.1 cm³/mol. The van der Waals surface area contributed by atoms with Crippen molar-refractivity contribution in [3.63, 3.8) is 0 Å². The molecule has 3 amide bonds. The van der Waals surface area contributed by atoms with Gasteiger partial charge < -0.3 is 5.32 Å². The van der Waals surface area contributed by atoms with Crippen LogP contribution in [0.15, 0.2) is 12.4 Å². The summed E-state index contributed by atoms with van der Waals surface area (Å²) in [6.07, 6.45) is 3.67. The second-order valence-corrected chi connectivity index (χ2v) is 7.19. The van der Waals surface area contributed by atoms with Crippen LogP contribution in [0.3, 0.4) is 0 Å². The Balaban J connectivity index is 1.67. The van der Waals surface area contributed by atoms with Crippen molar-refractivity contribution in [2.45, 2.75) is 38.9 Å². The molecule has 1 aliphatic rings. The number of urea groups is 1. The zero-order chi connectivity index (χ0) is 16.6. The zero-order valence-electron chi connectivity index (χ0n) is 12.6. The number of hydrogen-bond donors (Lipinski definition) is 1. The summed E-state index contributed by atoms with van der Waals surface area (Å²) in [5, 5.41) is 10.7. The molecule has 10 heteroatoms. The van der Waals surface area contributed by atoms with E-state index in [0.717, 1.165) is 4.88 Å². The summed E-state index contributed by atoms with van der Waals surface area (Å²) in [6.45, 7) is 4.15. The van der Waals surface area contributed by atoms with Crippen LogP contribution in [-0.2, 0) is 17.8 Å². The van der Waals surface area contributed by atoms with Crippen molar-refractivity contribution in [1.29, 1.82) is 0 Å². The standard InChI is InChI=1S/C13H15ClN6O2S/c1-7(2)20-5-8(17-18-20)3-10-11(21)19(13(22)16-10)6-9-4-15-12(14)23-9/h4-5,7,10H,3,6H2,1-2H3,(H,16,22)/t10-/m0/s1. The van der Waals surface area contributed by atoms with Gasteiger partial charge in [-0.25, -0.2) is 14.5 Å². The summed E-state index contributed by atoms with van der Waals surface area (Å²) >= 11 is 7.01. The van der Waals surface area contributed by atoms with Gasteiger partial charge in [-0.05, 0) is 13.8 Å². The molecule has 0 aromatic carbocycles. The fraction of sp³-hybridized carbons (Fsp3) is 0.462. The number of nitrogens with one attached hydrogen (secondary N) is 1. The van der Waals surface area contributed by atoms with Gasteiger partial charge in [0.25, 0.3) is 5.91 Å². The Morgan fingerprint density at radius 1 is 1.43 bits per heavy atom. The Labute approximate surface area is 141 Å². The normalized spacial score (nSPS) is 18.1. The number of rotatable bonds is 5. The van der Waals surface area contributed by atoms with Crippen molar-refractivity contribution >= 4 is 34.9 Å². The summed E-state index contributed by atoms with van der Waals surface area (Å²) in [6, 6.07) is -0.846. The van der Waals surface area contributed by atoms with E-state index in [1.54, 1.807) is 17.1 Å². The number of hydrogen-bond acceptors (Lipinski definition) is 6. The van der Waals surface area contributed by atoms with Crippen LogP contribution in [0, 0.1) is 0 Å². The lowest BCUT2D eigenvalue weighted by atomic mass is 10.1. The van der Waals surface area contributed by atoms with E-state index < -0.39 is 12.1 Å². The van der Waals surface area contributed by atoms with Crippen molar-refractivity contribution < 1.29 is 9.59 Å². The third-order valence-electron chi connectivity index (χ3n) is 3.45. The topological polar surface area (TPSA) is 93.0 Å². The third-order valence-corrected chi connectivity index (χ3v) is 4.55. The second-order valence-electron chi connectivity index (χ2n) is 5.49. The molecule has 1 atom stereocenters. The van der Waals surface area contributed by atoms with Crippen molar-refractivity contribution in [1.82, 2.24) is 30.2 Å². The van der Waals surface area contributed by atoms with E-state index in [-0.39, 0.29) is 18.5 Å². The van der Waals surface area contributed by atoms with Crippen molar-refractivity contribution in [3.05, 3.63) is 27.4 Å². The fourth-order valence-corrected chi connectivity index (χ4v) is 3.21. The van der Waals surface area contributed by atoms with Crippen molar-refractivity contribution in [3.8, 4) is 0 Å². The lowest BCUT2D eigenvalue weighted by Crippen LogP contribution is -2.32. The number of aromatic nitrogens is 4. The maximum atomic E-state index is 12.4. The van der Waals surface area contributed by atoms with Crippen LogP contribution in [0.1, 0.15) is 30.5 Å². The van der Waals surface area contributed by atoms with Gasteiger partial charge in [-0.15, -0.1) is 16.4 Å². The first-order chi connectivity index (χ1) is 10.9. The second kappa shape index (κ2) is 6.25. The van der Waals surface area contributed by atoms with E-state index in [1.165, 1.54) is 16.2 Å². The molecule has 0 aliphatic carbocycles. The Morgan fingerprint density at radius 3 is 2.83 bits per heavy atom. The molecule has 2 aromatic rings. The number of nitrogens with zero attached hydrogens (tertiary/aromatic N) is 5. The first-order valence-electron chi connectivity index (χ1n) is 7.07. The van der Waals surface area contributed by atoms with Gasteiger partial charge in [0.2, 0.25) is 0 Å². The van der Waals surface area contributed by atoms with E-state index in [1.807, 2.05) is 13.8 Å². The van der Waals surface area contributed by atoms with E-state index in [9.17, 15) is 9.59 Å². The van der Waals surface area contributed by atoms with Crippen LogP contribution in [0.25, 0.3) is 0 Å². The Morgan fingerprint density at radius 2 is 2.22 bits per heavy atom. The molecule has 1 fully saturated rings. The molecule has 8 nitrogen and oxygen atoms in total. The summed E-state index contributed by atoms with van der Waals surface area (Å²) in [4.78, 5) is 30.3. The van der Waals surface area contributed by atoms with Gasteiger partial charge in [0.1, 0.15) is 6.04 Å². The lowest BCUT2D eigenvalue weighted by Gasteiger charge is -2.10. The molecule has 3 rings (SSSR count). The van der Waals surface area contributed by atoms with Gasteiger partial charge in [-0.3, -0.25) is 9.69 Å². The largest absolute Gasteiger partial charge is 0.325 e. The molecule has 0 radical (unpaired) electrons. The fourth-order valence-electron chi connectivity index (χ4n) is 2.25. The number of imide groups is 1. The van der Waals surface area contributed by atoms with Gasteiger partial charge in [0.05, 0.1) is 12.2 Å². The molecular weight excluding hydrogens is 340 g/mol. The Bertz CT molecular complexity index is 742. The monoisotopic (exact) mass is 354 g/mol. The number of thiazole rings is 1. The summed E-state index contributed by atoms with van der Waals surface area (Å²) < 4.78 is 2.10. The van der Waals surface area contributed by atoms with Gasteiger partial charge in [-0.1, -0.05) is 16.8 Å². The molecule has 1 saturated heterocycles. The number of amides is 3. The van der Waals surface area contributed by atoms with E-state index in [2.05, 4.69) is 20.6 Å². The molecule has 0 saturated carbocycles. The minimum absolute atomic E-state index is 0.171. The van der Waals surface area contributed by atoms with Crippen LogP contribution in [0.4, 0.5) is 4.79 Å². The maximum Gasteiger partial charge on any atom is 0.325 e.